The van der Waals surface area contributed by atoms with E-state index in [0.717, 1.165) is 17.1 Å². The fourth-order valence-electron chi connectivity index (χ4n) is 2.09. The van der Waals surface area contributed by atoms with Crippen LogP contribution in [0, 0.1) is 0 Å². The van der Waals surface area contributed by atoms with Gasteiger partial charge >= 0.3 is 0 Å². The third kappa shape index (κ3) is 2.54. The number of aromatic nitrogens is 2. The second kappa shape index (κ2) is 4.91. The molecule has 0 aliphatic rings. The highest BCUT2D eigenvalue weighted by molar-refractivity contribution is 7.10. The number of nitrogens with zero attached hydrogens (tertiary/aromatic N) is 1. The van der Waals surface area contributed by atoms with Gasteiger partial charge in [-0.2, -0.15) is 0 Å². The molecule has 102 valence electrons. The molecule has 0 unspecified atom stereocenters. The molecule has 1 aromatic carbocycles. The first-order valence-electron chi connectivity index (χ1n) is 6.74. The third-order valence-electron chi connectivity index (χ3n) is 3.27. The Bertz CT molecular complexity index is 702. The molecule has 3 rings (SSSR count). The second-order valence-electron chi connectivity index (χ2n) is 5.96. The van der Waals surface area contributed by atoms with Gasteiger partial charge in [-0.1, -0.05) is 51.1 Å². The van der Waals surface area contributed by atoms with E-state index in [1.165, 1.54) is 10.4 Å². The maximum absolute atomic E-state index is 4.51. The highest BCUT2D eigenvalue weighted by Crippen LogP contribution is 2.32. The van der Waals surface area contributed by atoms with Crippen LogP contribution in [0.3, 0.4) is 0 Å². The zero-order valence-electron chi connectivity index (χ0n) is 12.0. The zero-order chi connectivity index (χ0) is 14.2. The Morgan fingerprint density at radius 3 is 2.45 bits per heavy atom. The maximum atomic E-state index is 4.51. The first-order valence-corrected chi connectivity index (χ1v) is 7.62. The summed E-state index contributed by atoms with van der Waals surface area (Å²) < 4.78 is 0. The lowest BCUT2D eigenvalue weighted by molar-refractivity contribution is 0.604. The van der Waals surface area contributed by atoms with Crippen molar-refractivity contribution in [2.75, 3.05) is 0 Å². The quantitative estimate of drug-likeness (QED) is 0.695. The van der Waals surface area contributed by atoms with Gasteiger partial charge < -0.3 is 4.98 Å². The lowest BCUT2D eigenvalue weighted by Gasteiger charge is -2.15. The van der Waals surface area contributed by atoms with E-state index in [4.69, 9.17) is 0 Å². The fraction of sp³-hybridized carbons (Fsp3) is 0.235. The fourth-order valence-corrected chi connectivity index (χ4v) is 3.07. The van der Waals surface area contributed by atoms with E-state index in [1.54, 1.807) is 11.3 Å². The summed E-state index contributed by atoms with van der Waals surface area (Å²) in [6.45, 7) is 6.71. The molecular formula is C17H18N2S. The summed E-state index contributed by atoms with van der Waals surface area (Å²) in [7, 11) is 0. The molecule has 0 radical (unpaired) electrons. The summed E-state index contributed by atoms with van der Waals surface area (Å²) in [6, 6.07) is 12.5. The number of rotatable bonds is 2. The van der Waals surface area contributed by atoms with Gasteiger partial charge in [0, 0.05) is 15.8 Å². The number of aromatic amines is 1. The highest BCUT2D eigenvalue weighted by atomic mass is 32.1. The number of nitrogens with one attached hydrogen (secondary N) is 1. The normalized spacial score (nSPS) is 11.8. The molecule has 0 saturated heterocycles. The number of benzene rings is 1. The lowest BCUT2D eigenvalue weighted by Crippen LogP contribution is -2.07. The molecule has 0 aliphatic heterocycles. The number of hydrogen-bond acceptors (Lipinski definition) is 2. The molecule has 0 amide bonds. The molecule has 3 heteroatoms. The molecule has 0 bridgehead atoms. The van der Waals surface area contributed by atoms with Crippen molar-refractivity contribution in [3.05, 3.63) is 52.9 Å². The summed E-state index contributed by atoms with van der Waals surface area (Å²) in [5.74, 6) is 0.940. The van der Waals surface area contributed by atoms with Crippen LogP contribution in [-0.4, -0.2) is 9.97 Å². The van der Waals surface area contributed by atoms with Crippen molar-refractivity contribution in [1.29, 1.82) is 0 Å². The van der Waals surface area contributed by atoms with Crippen LogP contribution >= 0.6 is 11.3 Å². The Balaban J connectivity index is 1.93. The number of thiophene rings is 1. The van der Waals surface area contributed by atoms with Gasteiger partial charge in [0.05, 0.1) is 11.9 Å². The summed E-state index contributed by atoms with van der Waals surface area (Å²) >= 11 is 1.80. The Hall–Kier alpha value is -1.87. The number of hydrogen-bond donors (Lipinski definition) is 1. The van der Waals surface area contributed by atoms with Crippen LogP contribution in [0.15, 0.2) is 48.0 Å². The predicted molar refractivity (Wildman–Crippen MR) is 86.0 cm³/mol. The van der Waals surface area contributed by atoms with Crippen molar-refractivity contribution in [2.45, 2.75) is 26.2 Å². The van der Waals surface area contributed by atoms with Gasteiger partial charge in [-0.25, -0.2) is 4.98 Å². The van der Waals surface area contributed by atoms with Gasteiger partial charge in [0.2, 0.25) is 0 Å². The van der Waals surface area contributed by atoms with Crippen molar-refractivity contribution in [2.24, 2.45) is 0 Å². The lowest BCUT2D eigenvalue weighted by atomic mass is 9.94. The topological polar surface area (TPSA) is 28.7 Å². The zero-order valence-corrected chi connectivity index (χ0v) is 12.8. The summed E-state index contributed by atoms with van der Waals surface area (Å²) in [5, 5.41) is 2.17. The third-order valence-corrected chi connectivity index (χ3v) is 4.63. The van der Waals surface area contributed by atoms with Crippen molar-refractivity contribution >= 4 is 11.3 Å². The molecule has 0 saturated carbocycles. The Labute approximate surface area is 123 Å². The first-order chi connectivity index (χ1) is 9.54. The SMILES string of the molecule is CC(C)(C)c1cc(-c2ncc(-c3ccccc3)[nH]2)cs1. The monoisotopic (exact) mass is 282 g/mol. The average Bonchev–Trinajstić information content (AvgIpc) is 3.08. The minimum atomic E-state index is 0.192. The van der Waals surface area contributed by atoms with Crippen LogP contribution in [0.1, 0.15) is 25.6 Å². The molecule has 0 atom stereocenters. The van der Waals surface area contributed by atoms with E-state index >= 15 is 0 Å². The molecule has 2 nitrogen and oxygen atoms in total. The van der Waals surface area contributed by atoms with Crippen molar-refractivity contribution in [1.82, 2.24) is 9.97 Å². The van der Waals surface area contributed by atoms with E-state index in [9.17, 15) is 0 Å². The highest BCUT2D eigenvalue weighted by Gasteiger charge is 2.17. The predicted octanol–water partition coefficient (Wildman–Crippen LogP) is 5.10. The van der Waals surface area contributed by atoms with E-state index < -0.39 is 0 Å². The summed E-state index contributed by atoms with van der Waals surface area (Å²) in [4.78, 5) is 9.30. The minimum Gasteiger partial charge on any atom is -0.338 e. The van der Waals surface area contributed by atoms with Gasteiger partial charge in [0.15, 0.2) is 0 Å². The van der Waals surface area contributed by atoms with E-state index in [0.29, 0.717) is 0 Å². The molecule has 0 fully saturated rings. The smallest absolute Gasteiger partial charge is 0.138 e. The van der Waals surface area contributed by atoms with Crippen LogP contribution in [0.4, 0.5) is 0 Å². The molecule has 0 aliphatic carbocycles. The van der Waals surface area contributed by atoms with Crippen molar-refractivity contribution in [3.8, 4) is 22.6 Å². The van der Waals surface area contributed by atoms with Gasteiger partial charge in [0.25, 0.3) is 0 Å². The van der Waals surface area contributed by atoms with Gasteiger partial charge in [-0.3, -0.25) is 0 Å². The Morgan fingerprint density at radius 1 is 1.05 bits per heavy atom. The van der Waals surface area contributed by atoms with Crippen molar-refractivity contribution in [3.63, 3.8) is 0 Å². The van der Waals surface area contributed by atoms with Crippen LogP contribution < -0.4 is 0 Å². The standard InChI is InChI=1S/C17H18N2S/c1-17(2,3)15-9-13(11-20-15)16-18-10-14(19-16)12-7-5-4-6-8-12/h4-11H,1-3H3,(H,18,19). The van der Waals surface area contributed by atoms with Crippen molar-refractivity contribution < 1.29 is 0 Å². The molecule has 2 aromatic heterocycles. The molecule has 3 aromatic rings. The molecule has 20 heavy (non-hydrogen) atoms. The van der Waals surface area contributed by atoms with Crippen LogP contribution in [0.5, 0.6) is 0 Å². The maximum Gasteiger partial charge on any atom is 0.138 e. The number of H-pyrrole nitrogens is 1. The first kappa shape index (κ1) is 13.1. The minimum absolute atomic E-state index is 0.192. The van der Waals surface area contributed by atoms with E-state index in [2.05, 4.69) is 54.3 Å². The Morgan fingerprint density at radius 2 is 1.80 bits per heavy atom. The van der Waals surface area contributed by atoms with E-state index in [-0.39, 0.29) is 5.41 Å². The Kier molecular flexibility index (Phi) is 3.22. The summed E-state index contributed by atoms with van der Waals surface area (Å²) in [5.41, 5.74) is 3.58. The molecular weight excluding hydrogens is 264 g/mol. The van der Waals surface area contributed by atoms with Crippen LogP contribution in [0.25, 0.3) is 22.6 Å². The van der Waals surface area contributed by atoms with Gasteiger partial charge in [-0.05, 0) is 17.0 Å². The van der Waals surface area contributed by atoms with Crippen LogP contribution in [0.2, 0.25) is 0 Å². The number of imidazole rings is 1. The van der Waals surface area contributed by atoms with Crippen LogP contribution in [-0.2, 0) is 5.41 Å². The molecule has 0 spiro atoms. The summed E-state index contributed by atoms with van der Waals surface area (Å²) in [6.07, 6.45) is 1.90. The van der Waals surface area contributed by atoms with E-state index in [1.807, 2.05) is 24.4 Å². The van der Waals surface area contributed by atoms with Gasteiger partial charge in [0.1, 0.15) is 5.82 Å². The molecule has 2 heterocycles. The largest absolute Gasteiger partial charge is 0.338 e. The van der Waals surface area contributed by atoms with Gasteiger partial charge in [-0.15, -0.1) is 11.3 Å². The average molecular weight is 282 g/mol. The second-order valence-corrected chi connectivity index (χ2v) is 6.87. The molecule has 1 N–H and O–H groups in total.